The first-order valence-electron chi connectivity index (χ1n) is 6.05. The summed E-state index contributed by atoms with van der Waals surface area (Å²) >= 11 is 5.92. The van der Waals surface area contributed by atoms with Crippen molar-refractivity contribution < 1.29 is 0 Å². The highest BCUT2D eigenvalue weighted by Crippen LogP contribution is 2.23. The zero-order valence-electron chi connectivity index (χ0n) is 10.2. The van der Waals surface area contributed by atoms with E-state index in [0.29, 0.717) is 5.28 Å². The fourth-order valence-corrected chi connectivity index (χ4v) is 2.59. The monoisotopic (exact) mass is 259 g/mol. The number of aromatic nitrogens is 2. The lowest BCUT2D eigenvalue weighted by atomic mass is 10.00. The van der Waals surface area contributed by atoms with Gasteiger partial charge in [-0.2, -0.15) is 0 Å². The van der Waals surface area contributed by atoms with E-state index in [1.165, 1.54) is 11.1 Å². The van der Waals surface area contributed by atoms with Crippen molar-refractivity contribution in [2.24, 2.45) is 0 Å². The molecule has 0 saturated heterocycles. The van der Waals surface area contributed by atoms with Crippen LogP contribution in [0, 0.1) is 6.92 Å². The molecule has 18 heavy (non-hydrogen) atoms. The first kappa shape index (κ1) is 11.5. The van der Waals surface area contributed by atoms with Gasteiger partial charge in [-0.3, -0.25) is 0 Å². The molecule has 1 aliphatic rings. The number of hydrogen-bond acceptors (Lipinski definition) is 3. The molecule has 3 nitrogen and oxygen atoms in total. The fourth-order valence-electron chi connectivity index (χ4n) is 2.37. The molecule has 1 aromatic heterocycles. The molecule has 0 aliphatic carbocycles. The van der Waals surface area contributed by atoms with Gasteiger partial charge in [-0.1, -0.05) is 24.3 Å². The summed E-state index contributed by atoms with van der Waals surface area (Å²) in [5.74, 6) is 0.919. The second kappa shape index (κ2) is 4.58. The van der Waals surface area contributed by atoms with Gasteiger partial charge in [-0.05, 0) is 36.1 Å². The maximum Gasteiger partial charge on any atom is 0.224 e. The molecule has 0 unspecified atom stereocenters. The van der Waals surface area contributed by atoms with Gasteiger partial charge in [0.15, 0.2) is 0 Å². The van der Waals surface area contributed by atoms with Crippen LogP contribution in [0.15, 0.2) is 30.3 Å². The zero-order valence-corrected chi connectivity index (χ0v) is 11.0. The molecule has 2 heterocycles. The maximum atomic E-state index is 5.92. The van der Waals surface area contributed by atoms with Crippen LogP contribution >= 0.6 is 11.6 Å². The fraction of sp³-hybridized carbons (Fsp3) is 0.286. The zero-order chi connectivity index (χ0) is 12.5. The van der Waals surface area contributed by atoms with E-state index < -0.39 is 0 Å². The van der Waals surface area contributed by atoms with E-state index in [-0.39, 0.29) is 0 Å². The van der Waals surface area contributed by atoms with Crippen LogP contribution in [-0.4, -0.2) is 16.5 Å². The number of hydrogen-bond donors (Lipinski definition) is 0. The third-order valence-electron chi connectivity index (χ3n) is 3.27. The van der Waals surface area contributed by atoms with Crippen LogP contribution in [0.2, 0.25) is 5.28 Å². The minimum atomic E-state index is 0.323. The number of fused-ring (bicyclic) bond motifs is 1. The summed E-state index contributed by atoms with van der Waals surface area (Å²) in [6.07, 6.45) is 1.05. The standard InChI is InChI=1S/C14H14ClN3/c1-10-8-13(17-14(15)16-10)18-7-6-11-4-2-3-5-12(11)9-18/h2-5,8H,6-7,9H2,1H3. The number of anilines is 1. The number of benzene rings is 1. The highest BCUT2D eigenvalue weighted by atomic mass is 35.5. The molecule has 1 aromatic carbocycles. The van der Waals surface area contributed by atoms with Gasteiger partial charge in [0, 0.05) is 24.8 Å². The predicted molar refractivity (Wildman–Crippen MR) is 73.0 cm³/mol. The highest BCUT2D eigenvalue weighted by molar-refractivity contribution is 6.28. The Morgan fingerprint density at radius 2 is 1.94 bits per heavy atom. The predicted octanol–water partition coefficient (Wildman–Crippen LogP) is 3.00. The van der Waals surface area contributed by atoms with Crippen LogP contribution in [0.3, 0.4) is 0 Å². The van der Waals surface area contributed by atoms with Crippen molar-refractivity contribution in [3.63, 3.8) is 0 Å². The summed E-state index contributed by atoms with van der Waals surface area (Å²) < 4.78 is 0. The first-order chi connectivity index (χ1) is 8.72. The van der Waals surface area contributed by atoms with Crippen molar-refractivity contribution in [3.05, 3.63) is 52.4 Å². The Morgan fingerprint density at radius 3 is 2.72 bits per heavy atom. The molecule has 0 spiro atoms. The van der Waals surface area contributed by atoms with E-state index in [9.17, 15) is 0 Å². The minimum absolute atomic E-state index is 0.323. The average Bonchev–Trinajstić information content (AvgIpc) is 2.37. The Hall–Kier alpha value is -1.61. The van der Waals surface area contributed by atoms with Crippen LogP contribution in [0.4, 0.5) is 5.82 Å². The molecule has 2 aromatic rings. The van der Waals surface area contributed by atoms with Gasteiger partial charge in [0.25, 0.3) is 0 Å². The van der Waals surface area contributed by atoms with E-state index >= 15 is 0 Å². The number of aryl methyl sites for hydroxylation is 1. The summed E-state index contributed by atoms with van der Waals surface area (Å²) in [6, 6.07) is 10.5. The van der Waals surface area contributed by atoms with E-state index in [0.717, 1.165) is 31.0 Å². The number of rotatable bonds is 1. The van der Waals surface area contributed by atoms with Gasteiger partial charge in [0.05, 0.1) is 0 Å². The van der Waals surface area contributed by atoms with Gasteiger partial charge in [-0.15, -0.1) is 0 Å². The largest absolute Gasteiger partial charge is 0.352 e. The smallest absolute Gasteiger partial charge is 0.224 e. The second-order valence-corrected chi connectivity index (χ2v) is 4.91. The lowest BCUT2D eigenvalue weighted by molar-refractivity contribution is 0.718. The molecular weight excluding hydrogens is 246 g/mol. The van der Waals surface area contributed by atoms with Crippen molar-refractivity contribution in [2.75, 3.05) is 11.4 Å². The number of halogens is 1. The third kappa shape index (κ3) is 2.18. The SMILES string of the molecule is Cc1cc(N2CCc3ccccc3C2)nc(Cl)n1. The molecule has 0 atom stereocenters. The van der Waals surface area contributed by atoms with Gasteiger partial charge in [0.2, 0.25) is 5.28 Å². The normalized spacial score (nSPS) is 14.4. The Balaban J connectivity index is 1.91. The lowest BCUT2D eigenvalue weighted by Crippen LogP contribution is -2.31. The van der Waals surface area contributed by atoms with Gasteiger partial charge in [-0.25, -0.2) is 9.97 Å². The summed E-state index contributed by atoms with van der Waals surface area (Å²) in [4.78, 5) is 10.7. The van der Waals surface area contributed by atoms with Crippen molar-refractivity contribution >= 4 is 17.4 Å². The average molecular weight is 260 g/mol. The molecule has 0 N–H and O–H groups in total. The Kier molecular flexibility index (Phi) is 2.92. The van der Waals surface area contributed by atoms with E-state index in [2.05, 4.69) is 39.1 Å². The minimum Gasteiger partial charge on any atom is -0.352 e. The van der Waals surface area contributed by atoms with Crippen LogP contribution in [0.25, 0.3) is 0 Å². The quantitative estimate of drug-likeness (QED) is 0.738. The Bertz CT molecular complexity index is 563. The number of nitrogens with zero attached hydrogens (tertiary/aromatic N) is 3. The molecule has 0 bridgehead atoms. The van der Waals surface area contributed by atoms with Crippen molar-refractivity contribution in [3.8, 4) is 0 Å². The van der Waals surface area contributed by atoms with Crippen LogP contribution in [0.1, 0.15) is 16.8 Å². The van der Waals surface area contributed by atoms with Crippen molar-refractivity contribution in [1.82, 2.24) is 9.97 Å². The molecule has 0 saturated carbocycles. The molecule has 92 valence electrons. The van der Waals surface area contributed by atoms with Crippen molar-refractivity contribution in [2.45, 2.75) is 19.9 Å². The summed E-state index contributed by atoms with van der Waals surface area (Å²) in [7, 11) is 0. The lowest BCUT2D eigenvalue weighted by Gasteiger charge is -2.29. The van der Waals surface area contributed by atoms with E-state index in [4.69, 9.17) is 11.6 Å². The summed E-state index contributed by atoms with van der Waals surface area (Å²) in [6.45, 7) is 3.81. The van der Waals surface area contributed by atoms with Gasteiger partial charge in [0.1, 0.15) is 5.82 Å². The Labute approximate surface area is 111 Å². The topological polar surface area (TPSA) is 29.0 Å². The van der Waals surface area contributed by atoms with Crippen molar-refractivity contribution in [1.29, 1.82) is 0 Å². The molecule has 0 amide bonds. The summed E-state index contributed by atoms with van der Waals surface area (Å²) in [5, 5.41) is 0.323. The van der Waals surface area contributed by atoms with Crippen LogP contribution < -0.4 is 4.90 Å². The van der Waals surface area contributed by atoms with E-state index in [1.54, 1.807) is 0 Å². The Morgan fingerprint density at radius 1 is 1.17 bits per heavy atom. The summed E-state index contributed by atoms with van der Waals surface area (Å²) in [5.41, 5.74) is 3.71. The molecule has 1 aliphatic heterocycles. The van der Waals surface area contributed by atoms with Crippen LogP contribution in [-0.2, 0) is 13.0 Å². The first-order valence-corrected chi connectivity index (χ1v) is 6.43. The molecular formula is C14H14ClN3. The van der Waals surface area contributed by atoms with Gasteiger partial charge < -0.3 is 4.90 Å². The van der Waals surface area contributed by atoms with Gasteiger partial charge >= 0.3 is 0 Å². The van der Waals surface area contributed by atoms with E-state index in [1.807, 2.05) is 13.0 Å². The molecule has 3 rings (SSSR count). The highest BCUT2D eigenvalue weighted by Gasteiger charge is 2.17. The molecule has 4 heteroatoms. The molecule has 0 radical (unpaired) electrons. The maximum absolute atomic E-state index is 5.92. The molecule has 0 fully saturated rings. The van der Waals surface area contributed by atoms with Crippen LogP contribution in [0.5, 0.6) is 0 Å². The third-order valence-corrected chi connectivity index (χ3v) is 3.44. The second-order valence-electron chi connectivity index (χ2n) is 4.58.